The first kappa shape index (κ1) is 35.0. The summed E-state index contributed by atoms with van der Waals surface area (Å²) in [5, 5.41) is 1.02. The molecule has 6 aromatic rings. The summed E-state index contributed by atoms with van der Waals surface area (Å²) >= 11 is 6.34. The monoisotopic (exact) mass is 739 g/mol. The van der Waals surface area contributed by atoms with E-state index < -0.39 is 11.6 Å². The smallest absolute Gasteiger partial charge is 0.331 e. The molecule has 0 N–H and O–H groups in total. The normalized spacial score (nSPS) is 15.8. The molecule has 14 heteroatoms. The molecule has 1 fully saturated rings. The summed E-state index contributed by atoms with van der Waals surface area (Å²) < 4.78 is 33.7. The van der Waals surface area contributed by atoms with E-state index in [0.717, 1.165) is 55.2 Å². The minimum Gasteiger partial charge on any atom is -0.331 e. The number of likely N-dealkylation sites (tertiary alicyclic amines) is 1. The predicted molar refractivity (Wildman–Crippen MR) is 198 cm³/mol. The van der Waals surface area contributed by atoms with Gasteiger partial charge in [-0.1, -0.05) is 26.8 Å². The van der Waals surface area contributed by atoms with Crippen molar-refractivity contribution in [2.24, 2.45) is 5.41 Å². The van der Waals surface area contributed by atoms with Crippen LogP contribution in [0.25, 0.3) is 27.9 Å². The number of rotatable bonds is 6. The van der Waals surface area contributed by atoms with Crippen LogP contribution >= 0.6 is 11.6 Å². The second-order valence-electron chi connectivity index (χ2n) is 15.3. The van der Waals surface area contributed by atoms with Gasteiger partial charge < -0.3 is 14.4 Å². The Bertz CT molecular complexity index is 2440. The molecule has 2 aliphatic heterocycles. The molecule has 1 amide bonds. The highest BCUT2D eigenvalue weighted by Crippen LogP contribution is 2.33. The highest BCUT2D eigenvalue weighted by atomic mass is 35.5. The van der Waals surface area contributed by atoms with E-state index in [9.17, 15) is 18.4 Å². The molecule has 0 spiro atoms. The van der Waals surface area contributed by atoms with Crippen molar-refractivity contribution in [3.63, 3.8) is 0 Å². The Hall–Kier alpha value is -5.01. The maximum Gasteiger partial charge on any atom is 0.335 e. The van der Waals surface area contributed by atoms with Crippen LogP contribution in [0.4, 0.5) is 8.78 Å². The van der Waals surface area contributed by atoms with Crippen LogP contribution in [0.5, 0.6) is 0 Å². The van der Waals surface area contributed by atoms with E-state index >= 15 is 0 Å². The molecular weight excluding hydrogens is 700 g/mol. The third-order valence-electron chi connectivity index (χ3n) is 10.4. The summed E-state index contributed by atoms with van der Waals surface area (Å²) in [5.41, 5.74) is 5.14. The number of fused-ring (bicyclic) bond motifs is 4. The van der Waals surface area contributed by atoms with Crippen molar-refractivity contribution in [1.29, 1.82) is 0 Å². The van der Waals surface area contributed by atoms with Gasteiger partial charge in [0.15, 0.2) is 5.65 Å². The SMILES string of the molecule is Cc1nc(Cl)nc2c1n(-c1ccc(C(=O)N3CCc4c(n(Cc5ccc(F)cc5F)c5ncccc45)C3)nc1)c(=O)n2C1CCN(CC(C)(C)C)CC1. The minimum atomic E-state index is -0.644. The topological polar surface area (TPSA) is 107 Å². The van der Waals surface area contributed by atoms with Gasteiger partial charge in [0.05, 0.1) is 30.7 Å². The van der Waals surface area contributed by atoms with Crippen LogP contribution in [0.2, 0.25) is 5.28 Å². The van der Waals surface area contributed by atoms with Crippen LogP contribution in [0.1, 0.15) is 72.7 Å². The molecular formula is C39H40ClF2N9O2. The number of carbonyl (C=O) groups excluding carboxylic acids is 1. The molecule has 53 heavy (non-hydrogen) atoms. The van der Waals surface area contributed by atoms with Crippen molar-refractivity contribution in [1.82, 2.24) is 43.4 Å². The van der Waals surface area contributed by atoms with Gasteiger partial charge in [0.1, 0.15) is 28.5 Å². The zero-order chi connectivity index (χ0) is 37.2. The lowest BCUT2D eigenvalue weighted by Crippen LogP contribution is -2.41. The number of amides is 1. The fourth-order valence-electron chi connectivity index (χ4n) is 8.05. The highest BCUT2D eigenvalue weighted by Gasteiger charge is 2.31. The van der Waals surface area contributed by atoms with Gasteiger partial charge in [-0.25, -0.2) is 28.5 Å². The van der Waals surface area contributed by atoms with E-state index in [-0.39, 0.29) is 47.1 Å². The molecule has 0 bridgehead atoms. The molecule has 0 aliphatic carbocycles. The number of aryl methyl sites for hydroxylation is 1. The number of piperidine rings is 1. The maximum atomic E-state index is 14.8. The van der Waals surface area contributed by atoms with Gasteiger partial charge in [-0.15, -0.1) is 0 Å². The van der Waals surface area contributed by atoms with Crippen LogP contribution in [0.3, 0.4) is 0 Å². The van der Waals surface area contributed by atoms with Crippen molar-refractivity contribution in [3.8, 4) is 5.69 Å². The Morgan fingerprint density at radius 2 is 1.79 bits per heavy atom. The van der Waals surface area contributed by atoms with Gasteiger partial charge in [0.25, 0.3) is 5.91 Å². The van der Waals surface area contributed by atoms with E-state index in [1.807, 2.05) is 16.7 Å². The highest BCUT2D eigenvalue weighted by molar-refractivity contribution is 6.28. The van der Waals surface area contributed by atoms with Crippen LogP contribution in [-0.2, 0) is 19.5 Å². The lowest BCUT2D eigenvalue weighted by atomic mass is 9.94. The Morgan fingerprint density at radius 1 is 1.00 bits per heavy atom. The molecule has 7 heterocycles. The zero-order valence-electron chi connectivity index (χ0n) is 30.1. The standard InChI is InChI=1S/C39H40ClF2N9O2/c1-23-33-35(46-37(40)45-23)51(26-11-15-47(16-12-26)22-39(2,3)4)38(53)50(33)27-9-10-31(44-19-27)36(52)48-17-13-28-29-6-5-14-43-34(29)49(32(28)21-48)20-24-7-8-25(41)18-30(24)42/h5-10,14,18-19,26H,11-13,15-17,20-22H2,1-4H3. The molecule has 2 aliphatic rings. The summed E-state index contributed by atoms with van der Waals surface area (Å²) in [6.07, 6.45) is 5.39. The van der Waals surface area contributed by atoms with Crippen molar-refractivity contribution < 1.29 is 13.6 Å². The van der Waals surface area contributed by atoms with E-state index in [1.54, 1.807) is 39.3 Å². The Balaban J connectivity index is 1.08. The van der Waals surface area contributed by atoms with E-state index in [1.165, 1.54) is 18.3 Å². The van der Waals surface area contributed by atoms with Crippen molar-refractivity contribution >= 4 is 39.7 Å². The van der Waals surface area contributed by atoms with Crippen LogP contribution in [-0.4, -0.2) is 75.5 Å². The largest absolute Gasteiger partial charge is 0.335 e. The van der Waals surface area contributed by atoms with Crippen molar-refractivity contribution in [3.05, 3.63) is 110 Å². The summed E-state index contributed by atoms with van der Waals surface area (Å²) in [6, 6.07) is 10.7. The molecule has 0 radical (unpaired) electrons. The fourth-order valence-corrected chi connectivity index (χ4v) is 8.26. The molecule has 274 valence electrons. The van der Waals surface area contributed by atoms with Gasteiger partial charge in [-0.2, -0.15) is 4.98 Å². The summed E-state index contributed by atoms with van der Waals surface area (Å²) in [6.45, 7) is 12.1. The number of nitrogens with zero attached hydrogens (tertiary/aromatic N) is 9. The molecule has 8 rings (SSSR count). The maximum absolute atomic E-state index is 14.8. The van der Waals surface area contributed by atoms with Gasteiger partial charge in [0, 0.05) is 61.1 Å². The average molecular weight is 740 g/mol. The van der Waals surface area contributed by atoms with E-state index in [2.05, 4.69) is 45.6 Å². The third kappa shape index (κ3) is 6.50. The molecule has 5 aromatic heterocycles. The number of hydrogen-bond donors (Lipinski definition) is 0. The summed E-state index contributed by atoms with van der Waals surface area (Å²) in [4.78, 5) is 50.4. The van der Waals surface area contributed by atoms with Gasteiger partial charge in [0.2, 0.25) is 5.28 Å². The first-order chi connectivity index (χ1) is 25.4. The Labute approximate surface area is 309 Å². The number of carbonyl (C=O) groups is 1. The van der Waals surface area contributed by atoms with Gasteiger partial charge in [-0.3, -0.25) is 13.9 Å². The second kappa shape index (κ2) is 13.4. The molecule has 0 saturated carbocycles. The number of imidazole rings is 1. The number of aromatic nitrogens is 7. The molecule has 0 atom stereocenters. The van der Waals surface area contributed by atoms with Crippen molar-refractivity contribution in [2.45, 2.75) is 66.1 Å². The van der Waals surface area contributed by atoms with Crippen LogP contribution in [0.15, 0.2) is 59.7 Å². The van der Waals surface area contributed by atoms with E-state index in [4.69, 9.17) is 11.6 Å². The molecule has 11 nitrogen and oxygen atoms in total. The third-order valence-corrected chi connectivity index (χ3v) is 10.5. The molecule has 1 aromatic carbocycles. The van der Waals surface area contributed by atoms with Gasteiger partial charge >= 0.3 is 5.69 Å². The average Bonchev–Trinajstić information content (AvgIpc) is 3.59. The lowest BCUT2D eigenvalue weighted by molar-refractivity contribution is 0.0724. The van der Waals surface area contributed by atoms with Crippen LogP contribution in [0, 0.1) is 24.0 Å². The fraction of sp³-hybridized carbons (Fsp3) is 0.385. The first-order valence-corrected chi connectivity index (χ1v) is 18.3. The Morgan fingerprint density at radius 3 is 2.51 bits per heavy atom. The quantitative estimate of drug-likeness (QED) is 0.180. The molecule has 1 saturated heterocycles. The minimum absolute atomic E-state index is 0.0593. The predicted octanol–water partition coefficient (Wildman–Crippen LogP) is 6.50. The number of pyridine rings is 2. The van der Waals surface area contributed by atoms with E-state index in [0.29, 0.717) is 46.7 Å². The second-order valence-corrected chi connectivity index (χ2v) is 15.6. The summed E-state index contributed by atoms with van der Waals surface area (Å²) in [7, 11) is 0. The number of halogens is 3. The molecule has 0 unspecified atom stereocenters. The lowest BCUT2D eigenvalue weighted by Gasteiger charge is -2.36. The summed E-state index contributed by atoms with van der Waals surface area (Å²) in [5.74, 6) is -1.56. The number of benzene rings is 1. The van der Waals surface area contributed by atoms with Gasteiger partial charge in [-0.05, 0) is 79.1 Å². The Kier molecular flexibility index (Phi) is 8.89. The number of hydrogen-bond acceptors (Lipinski definition) is 7. The first-order valence-electron chi connectivity index (χ1n) is 17.9. The van der Waals surface area contributed by atoms with Crippen LogP contribution < -0.4 is 5.69 Å². The zero-order valence-corrected chi connectivity index (χ0v) is 30.9. The van der Waals surface area contributed by atoms with Crippen molar-refractivity contribution in [2.75, 3.05) is 26.2 Å².